The highest BCUT2D eigenvalue weighted by Gasteiger charge is 2.33. The second-order valence-corrected chi connectivity index (χ2v) is 8.90. The Balaban J connectivity index is 1.15. The second kappa shape index (κ2) is 9.93. The zero-order valence-corrected chi connectivity index (χ0v) is 19.3. The molecule has 0 saturated carbocycles. The number of H-pyrrole nitrogens is 1. The Labute approximate surface area is 202 Å². The molecule has 9 nitrogen and oxygen atoms in total. The van der Waals surface area contributed by atoms with Gasteiger partial charge in [-0.05, 0) is 36.2 Å². The van der Waals surface area contributed by atoms with Gasteiger partial charge in [-0.15, -0.1) is 0 Å². The van der Waals surface area contributed by atoms with E-state index in [1.54, 1.807) is 12.1 Å². The van der Waals surface area contributed by atoms with Gasteiger partial charge in [0.25, 0.3) is 0 Å². The van der Waals surface area contributed by atoms with Gasteiger partial charge >= 0.3 is 6.09 Å². The van der Waals surface area contributed by atoms with Crippen LogP contribution >= 0.6 is 0 Å². The van der Waals surface area contributed by atoms with Crippen molar-refractivity contribution in [2.45, 2.75) is 18.6 Å². The maximum absolute atomic E-state index is 14.8. The minimum Gasteiger partial charge on any atom is -0.442 e. The number of carbonyl (C=O) groups is 2. The van der Waals surface area contributed by atoms with Crippen molar-refractivity contribution in [1.29, 1.82) is 0 Å². The Morgan fingerprint density at radius 1 is 1.23 bits per heavy atom. The average molecular weight is 481 g/mol. The minimum atomic E-state index is -0.742. The van der Waals surface area contributed by atoms with Gasteiger partial charge in [0.2, 0.25) is 5.91 Å². The molecular formula is C25H29FN6O3. The highest BCUT2D eigenvalue weighted by atomic mass is 19.1. The maximum Gasteiger partial charge on any atom is 0.414 e. The third-order valence-electron chi connectivity index (χ3n) is 6.53. The van der Waals surface area contributed by atoms with Crippen LogP contribution in [-0.2, 0) is 16.0 Å². The van der Waals surface area contributed by atoms with E-state index in [-0.39, 0.29) is 24.8 Å². The number of aromatic nitrogens is 1. The molecule has 10 heteroatoms. The van der Waals surface area contributed by atoms with Crippen molar-refractivity contribution < 1.29 is 18.7 Å². The fourth-order valence-corrected chi connectivity index (χ4v) is 4.64. The minimum absolute atomic E-state index is 0.129. The molecule has 2 aliphatic rings. The van der Waals surface area contributed by atoms with E-state index >= 15 is 0 Å². The number of cyclic esters (lactones) is 1. The van der Waals surface area contributed by atoms with Gasteiger partial charge in [-0.25, -0.2) is 9.18 Å². The molecule has 5 rings (SSSR count). The number of benzene rings is 2. The first-order valence-corrected chi connectivity index (χ1v) is 11.8. The molecule has 0 radical (unpaired) electrons. The number of amides is 2. The van der Waals surface area contributed by atoms with Gasteiger partial charge in [0.1, 0.15) is 11.9 Å². The largest absolute Gasteiger partial charge is 0.442 e. The van der Waals surface area contributed by atoms with Gasteiger partial charge in [-0.1, -0.05) is 18.2 Å². The number of piperazine rings is 1. The Bertz CT molecular complexity index is 1220. The molecular weight excluding hydrogens is 451 g/mol. The molecule has 0 bridgehead atoms. The number of carbonyl (C=O) groups excluding carboxylic acids is 2. The van der Waals surface area contributed by atoms with Gasteiger partial charge in [0.05, 0.1) is 30.5 Å². The summed E-state index contributed by atoms with van der Waals surface area (Å²) in [7, 11) is 0. The van der Waals surface area contributed by atoms with Crippen molar-refractivity contribution in [2.24, 2.45) is 5.73 Å². The number of ether oxygens (including phenoxy) is 1. The first-order valence-electron chi connectivity index (χ1n) is 11.8. The van der Waals surface area contributed by atoms with Gasteiger partial charge in [-0.2, -0.15) is 0 Å². The number of hydrogen-bond acceptors (Lipinski definition) is 6. The molecule has 1 unspecified atom stereocenters. The van der Waals surface area contributed by atoms with Crippen LogP contribution in [0.4, 0.5) is 20.6 Å². The van der Waals surface area contributed by atoms with E-state index in [2.05, 4.69) is 15.6 Å². The SMILES string of the molecule is N[C@H](Cc1c[nH]c2ccccc12)C(=O)NCC1CN(c2ccc(N3CCNCC3)c(F)c2)C(=O)O1. The molecule has 184 valence electrons. The molecule has 2 aromatic carbocycles. The van der Waals surface area contributed by atoms with Crippen LogP contribution in [0.15, 0.2) is 48.7 Å². The summed E-state index contributed by atoms with van der Waals surface area (Å²) in [6, 6.07) is 11.9. The second-order valence-electron chi connectivity index (χ2n) is 8.90. The van der Waals surface area contributed by atoms with Crippen molar-refractivity contribution in [3.05, 3.63) is 60.0 Å². The van der Waals surface area contributed by atoms with Crippen LogP contribution in [-0.4, -0.2) is 68.4 Å². The average Bonchev–Trinajstić information content (AvgIpc) is 3.46. The fraction of sp³-hybridized carbons (Fsp3) is 0.360. The number of hydrogen-bond donors (Lipinski definition) is 4. The van der Waals surface area contributed by atoms with Crippen LogP contribution in [0.2, 0.25) is 0 Å². The van der Waals surface area contributed by atoms with Crippen LogP contribution in [0.5, 0.6) is 0 Å². The number of aromatic amines is 1. The number of rotatable bonds is 7. The zero-order chi connectivity index (χ0) is 24.4. The van der Waals surface area contributed by atoms with Crippen molar-refractivity contribution in [3.8, 4) is 0 Å². The molecule has 1 aromatic heterocycles. The number of para-hydroxylation sites is 1. The first kappa shape index (κ1) is 23.1. The van der Waals surface area contributed by atoms with Gasteiger partial charge in [0.15, 0.2) is 0 Å². The highest BCUT2D eigenvalue weighted by Crippen LogP contribution is 2.28. The Hall–Kier alpha value is -3.63. The smallest absolute Gasteiger partial charge is 0.414 e. The standard InChI is InChI=1S/C25H29FN6O3/c26-20-12-17(5-6-23(20)31-9-7-28-8-10-31)32-15-18(35-25(32)34)14-30-24(33)21(27)11-16-13-29-22-4-2-1-3-19(16)22/h1-6,12-13,18,21,28-29H,7-11,14-15,27H2,(H,30,33)/t18?,21-/m1/s1. The summed E-state index contributed by atoms with van der Waals surface area (Å²) in [5.74, 6) is -0.701. The fourth-order valence-electron chi connectivity index (χ4n) is 4.64. The molecule has 3 heterocycles. The number of nitrogens with one attached hydrogen (secondary N) is 3. The molecule has 5 N–H and O–H groups in total. The van der Waals surface area contributed by atoms with Crippen molar-refractivity contribution >= 4 is 34.3 Å². The normalized spacial score (nSPS) is 19.1. The Morgan fingerprint density at radius 2 is 2.03 bits per heavy atom. The molecule has 2 fully saturated rings. The number of nitrogens with two attached hydrogens (primary N) is 1. The number of halogens is 1. The zero-order valence-electron chi connectivity index (χ0n) is 19.3. The molecule has 2 atom stereocenters. The molecule has 2 amide bonds. The monoisotopic (exact) mass is 480 g/mol. The predicted octanol–water partition coefficient (Wildman–Crippen LogP) is 1.73. The van der Waals surface area contributed by atoms with Crippen LogP contribution in [0, 0.1) is 5.82 Å². The third kappa shape index (κ3) is 4.94. The summed E-state index contributed by atoms with van der Waals surface area (Å²) in [5.41, 5.74) is 9.04. The topological polar surface area (TPSA) is 116 Å². The number of fused-ring (bicyclic) bond motifs is 1. The predicted molar refractivity (Wildman–Crippen MR) is 132 cm³/mol. The van der Waals surface area contributed by atoms with E-state index in [0.29, 0.717) is 17.8 Å². The molecule has 2 aliphatic heterocycles. The van der Waals surface area contributed by atoms with Crippen molar-refractivity contribution in [1.82, 2.24) is 15.6 Å². The van der Waals surface area contributed by atoms with E-state index in [1.165, 1.54) is 11.0 Å². The lowest BCUT2D eigenvalue weighted by molar-refractivity contribution is -0.122. The summed E-state index contributed by atoms with van der Waals surface area (Å²) in [6.45, 7) is 3.41. The summed E-state index contributed by atoms with van der Waals surface area (Å²) < 4.78 is 20.2. The van der Waals surface area contributed by atoms with Crippen molar-refractivity contribution in [3.63, 3.8) is 0 Å². The van der Waals surface area contributed by atoms with Crippen molar-refractivity contribution in [2.75, 3.05) is 49.1 Å². The molecule has 0 spiro atoms. The van der Waals surface area contributed by atoms with Gasteiger partial charge in [-0.3, -0.25) is 9.69 Å². The number of anilines is 2. The van der Waals surface area contributed by atoms with Crippen LogP contribution in [0.1, 0.15) is 5.56 Å². The van der Waals surface area contributed by atoms with Gasteiger partial charge in [0, 0.05) is 43.3 Å². The lowest BCUT2D eigenvalue weighted by atomic mass is 10.1. The summed E-state index contributed by atoms with van der Waals surface area (Å²) in [4.78, 5) is 31.5. The van der Waals surface area contributed by atoms with Gasteiger partial charge < -0.3 is 31.0 Å². The highest BCUT2D eigenvalue weighted by molar-refractivity contribution is 5.90. The van der Waals surface area contributed by atoms with Crippen LogP contribution < -0.4 is 26.2 Å². The molecule has 35 heavy (non-hydrogen) atoms. The van der Waals surface area contributed by atoms with E-state index in [0.717, 1.165) is 42.6 Å². The summed E-state index contributed by atoms with van der Waals surface area (Å²) >= 11 is 0. The Morgan fingerprint density at radius 3 is 2.83 bits per heavy atom. The lowest BCUT2D eigenvalue weighted by Crippen LogP contribution is -2.45. The first-order chi connectivity index (χ1) is 17.0. The summed E-state index contributed by atoms with van der Waals surface area (Å²) in [5, 5.41) is 7.05. The molecule has 0 aliphatic carbocycles. The quantitative estimate of drug-likeness (QED) is 0.409. The lowest BCUT2D eigenvalue weighted by Gasteiger charge is -2.30. The summed E-state index contributed by atoms with van der Waals surface area (Å²) in [6.07, 6.45) is 1.12. The Kier molecular flexibility index (Phi) is 6.56. The van der Waals surface area contributed by atoms with E-state index in [4.69, 9.17) is 10.5 Å². The molecule has 2 saturated heterocycles. The van der Waals surface area contributed by atoms with E-state index in [9.17, 15) is 14.0 Å². The van der Waals surface area contributed by atoms with E-state index in [1.807, 2.05) is 35.4 Å². The maximum atomic E-state index is 14.8. The van der Waals surface area contributed by atoms with E-state index < -0.39 is 18.2 Å². The van der Waals surface area contributed by atoms with Crippen LogP contribution in [0.3, 0.4) is 0 Å². The van der Waals surface area contributed by atoms with Crippen LogP contribution in [0.25, 0.3) is 10.9 Å². The third-order valence-corrected chi connectivity index (χ3v) is 6.53. The molecule has 3 aromatic rings. The number of nitrogens with zero attached hydrogens (tertiary/aromatic N) is 2.